The normalized spacial score (nSPS) is 16.2. The van der Waals surface area contributed by atoms with E-state index in [1.807, 2.05) is 19.9 Å². The number of aryl methyl sites for hydroxylation is 1. The standard InChI is InChI=1S/C20H27N3O5/c1-4-18(25)23-10-6-8-15(11-23)19(26)28-12-17(24)22-20(27)21-16-9-5-7-13(2)14(16)3/h5,7,9,15H,4,6,8,10-12H2,1-3H3,(H2,21,22,24,27). The molecule has 0 spiro atoms. The van der Waals surface area contributed by atoms with Gasteiger partial charge in [0, 0.05) is 25.2 Å². The quantitative estimate of drug-likeness (QED) is 0.751. The highest BCUT2D eigenvalue weighted by molar-refractivity contribution is 6.02. The molecule has 152 valence electrons. The van der Waals surface area contributed by atoms with E-state index in [2.05, 4.69) is 10.6 Å². The summed E-state index contributed by atoms with van der Waals surface area (Å²) in [5.41, 5.74) is 2.52. The van der Waals surface area contributed by atoms with E-state index in [1.54, 1.807) is 24.0 Å². The molecule has 2 N–H and O–H groups in total. The maximum Gasteiger partial charge on any atom is 0.325 e. The second-order valence-electron chi connectivity index (χ2n) is 6.89. The monoisotopic (exact) mass is 389 g/mol. The molecular formula is C20H27N3O5. The van der Waals surface area contributed by atoms with Gasteiger partial charge in [-0.3, -0.25) is 19.7 Å². The number of hydrogen-bond acceptors (Lipinski definition) is 5. The number of likely N-dealkylation sites (tertiary alicyclic amines) is 1. The first-order valence-electron chi connectivity index (χ1n) is 9.43. The number of amides is 4. The van der Waals surface area contributed by atoms with Crippen molar-refractivity contribution in [1.82, 2.24) is 10.2 Å². The Kier molecular flexibility index (Phi) is 7.54. The Balaban J connectivity index is 1.78. The van der Waals surface area contributed by atoms with E-state index in [1.165, 1.54) is 0 Å². The Morgan fingerprint density at radius 1 is 1.21 bits per heavy atom. The fraction of sp³-hybridized carbons (Fsp3) is 0.500. The molecule has 1 aromatic carbocycles. The summed E-state index contributed by atoms with van der Waals surface area (Å²) in [6.45, 7) is 5.96. The van der Waals surface area contributed by atoms with E-state index in [4.69, 9.17) is 4.74 Å². The third-order valence-corrected chi connectivity index (χ3v) is 4.86. The van der Waals surface area contributed by atoms with Gasteiger partial charge >= 0.3 is 12.0 Å². The molecule has 0 aliphatic carbocycles. The van der Waals surface area contributed by atoms with Crippen molar-refractivity contribution >= 4 is 29.5 Å². The summed E-state index contributed by atoms with van der Waals surface area (Å²) in [5, 5.41) is 4.74. The fourth-order valence-electron chi connectivity index (χ4n) is 3.08. The first-order valence-corrected chi connectivity index (χ1v) is 9.43. The minimum atomic E-state index is -0.714. The molecule has 0 radical (unpaired) electrons. The average Bonchev–Trinajstić information content (AvgIpc) is 2.69. The van der Waals surface area contributed by atoms with Crippen molar-refractivity contribution < 1.29 is 23.9 Å². The van der Waals surface area contributed by atoms with E-state index < -0.39 is 30.4 Å². The number of rotatable bonds is 5. The van der Waals surface area contributed by atoms with E-state index >= 15 is 0 Å². The maximum atomic E-state index is 12.2. The van der Waals surface area contributed by atoms with E-state index in [0.717, 1.165) is 17.5 Å². The maximum absolute atomic E-state index is 12.2. The lowest BCUT2D eigenvalue weighted by molar-refractivity contribution is -0.155. The van der Waals surface area contributed by atoms with E-state index in [9.17, 15) is 19.2 Å². The van der Waals surface area contributed by atoms with Gasteiger partial charge in [0.2, 0.25) is 5.91 Å². The molecule has 1 aliphatic heterocycles. The number of ether oxygens (including phenoxy) is 1. The van der Waals surface area contributed by atoms with Crippen LogP contribution in [-0.4, -0.2) is 48.4 Å². The molecule has 1 aromatic rings. The van der Waals surface area contributed by atoms with Crippen molar-refractivity contribution in [1.29, 1.82) is 0 Å². The van der Waals surface area contributed by atoms with Crippen molar-refractivity contribution in [3.8, 4) is 0 Å². The second-order valence-corrected chi connectivity index (χ2v) is 6.89. The summed E-state index contributed by atoms with van der Waals surface area (Å²) in [6.07, 6.45) is 1.72. The zero-order valence-corrected chi connectivity index (χ0v) is 16.5. The topological polar surface area (TPSA) is 105 Å². The van der Waals surface area contributed by atoms with Crippen molar-refractivity contribution in [3.05, 3.63) is 29.3 Å². The molecule has 0 aromatic heterocycles. The smallest absolute Gasteiger partial charge is 0.325 e. The predicted molar refractivity (Wildman–Crippen MR) is 104 cm³/mol. The number of nitrogens with zero attached hydrogens (tertiary/aromatic N) is 1. The number of urea groups is 1. The summed E-state index contributed by atoms with van der Waals surface area (Å²) < 4.78 is 5.03. The van der Waals surface area contributed by atoms with Crippen LogP contribution in [0.15, 0.2) is 18.2 Å². The summed E-state index contributed by atoms with van der Waals surface area (Å²) in [5.74, 6) is -1.69. The lowest BCUT2D eigenvalue weighted by Gasteiger charge is -2.31. The van der Waals surface area contributed by atoms with Gasteiger partial charge in [-0.2, -0.15) is 0 Å². The summed E-state index contributed by atoms with van der Waals surface area (Å²) in [4.78, 5) is 49.4. The van der Waals surface area contributed by atoms with Gasteiger partial charge < -0.3 is 15.0 Å². The van der Waals surface area contributed by atoms with Gasteiger partial charge in [0.1, 0.15) is 0 Å². The lowest BCUT2D eigenvalue weighted by atomic mass is 9.98. The number of benzene rings is 1. The van der Waals surface area contributed by atoms with E-state index in [-0.39, 0.29) is 5.91 Å². The molecule has 1 aliphatic rings. The Labute approximate surface area is 164 Å². The van der Waals surface area contributed by atoms with Crippen molar-refractivity contribution in [2.45, 2.75) is 40.0 Å². The number of nitrogens with one attached hydrogen (secondary N) is 2. The molecule has 0 saturated carbocycles. The Morgan fingerprint density at radius 2 is 1.96 bits per heavy atom. The molecule has 1 saturated heterocycles. The molecule has 0 bridgehead atoms. The number of esters is 1. The number of hydrogen-bond donors (Lipinski definition) is 2. The molecule has 4 amide bonds. The average molecular weight is 389 g/mol. The predicted octanol–water partition coefficient (Wildman–Crippen LogP) is 2.14. The third kappa shape index (κ3) is 5.80. The SMILES string of the molecule is CCC(=O)N1CCCC(C(=O)OCC(=O)NC(=O)Nc2cccc(C)c2C)C1. The first kappa shape index (κ1) is 21.4. The van der Waals surface area contributed by atoms with Crippen LogP contribution in [0.4, 0.5) is 10.5 Å². The van der Waals surface area contributed by atoms with Gasteiger partial charge in [0.25, 0.3) is 5.91 Å². The van der Waals surface area contributed by atoms with Gasteiger partial charge in [-0.25, -0.2) is 4.79 Å². The van der Waals surface area contributed by atoms with Gasteiger partial charge in [0.15, 0.2) is 6.61 Å². The van der Waals surface area contributed by atoms with Crippen molar-refractivity contribution in [2.75, 3.05) is 25.0 Å². The highest BCUT2D eigenvalue weighted by Crippen LogP contribution is 2.19. The third-order valence-electron chi connectivity index (χ3n) is 4.86. The fourth-order valence-corrected chi connectivity index (χ4v) is 3.08. The summed E-state index contributed by atoms with van der Waals surface area (Å²) in [7, 11) is 0. The minimum absolute atomic E-state index is 0.00152. The van der Waals surface area contributed by atoms with Gasteiger partial charge in [-0.1, -0.05) is 19.1 Å². The van der Waals surface area contributed by atoms with Crippen LogP contribution in [0.5, 0.6) is 0 Å². The van der Waals surface area contributed by atoms with Gasteiger partial charge in [-0.15, -0.1) is 0 Å². The second kappa shape index (κ2) is 9.87. The minimum Gasteiger partial charge on any atom is -0.455 e. The Hall–Kier alpha value is -2.90. The number of anilines is 1. The van der Waals surface area contributed by atoms with Crippen molar-refractivity contribution in [2.24, 2.45) is 5.92 Å². The molecule has 8 heteroatoms. The largest absolute Gasteiger partial charge is 0.455 e. The van der Waals surface area contributed by atoms with Crippen LogP contribution in [0.1, 0.15) is 37.3 Å². The van der Waals surface area contributed by atoms with Crippen LogP contribution >= 0.6 is 0 Å². The molecule has 1 atom stereocenters. The highest BCUT2D eigenvalue weighted by atomic mass is 16.5. The van der Waals surface area contributed by atoms with Crippen LogP contribution in [0, 0.1) is 19.8 Å². The van der Waals surface area contributed by atoms with Crippen LogP contribution in [0.25, 0.3) is 0 Å². The number of piperidine rings is 1. The summed E-state index contributed by atoms with van der Waals surface area (Å²) in [6, 6.07) is 4.77. The Morgan fingerprint density at radius 3 is 2.68 bits per heavy atom. The Bertz CT molecular complexity index is 762. The van der Waals surface area contributed by atoms with Gasteiger partial charge in [-0.05, 0) is 43.9 Å². The van der Waals surface area contributed by atoms with Gasteiger partial charge in [0.05, 0.1) is 5.92 Å². The molecule has 8 nitrogen and oxygen atoms in total. The molecule has 1 heterocycles. The molecule has 28 heavy (non-hydrogen) atoms. The van der Waals surface area contributed by atoms with Crippen LogP contribution in [-0.2, 0) is 19.1 Å². The molecule has 1 fully saturated rings. The van der Waals surface area contributed by atoms with Crippen LogP contribution in [0.2, 0.25) is 0 Å². The summed E-state index contributed by atoms with van der Waals surface area (Å²) >= 11 is 0. The van der Waals surface area contributed by atoms with E-state index in [0.29, 0.717) is 31.6 Å². The number of carbonyl (C=O) groups is 4. The van der Waals surface area contributed by atoms with Crippen molar-refractivity contribution in [3.63, 3.8) is 0 Å². The van der Waals surface area contributed by atoms with Crippen LogP contribution < -0.4 is 10.6 Å². The number of imide groups is 1. The number of carbonyl (C=O) groups excluding carboxylic acids is 4. The molecule has 1 unspecified atom stereocenters. The zero-order valence-electron chi connectivity index (χ0n) is 16.5. The highest BCUT2D eigenvalue weighted by Gasteiger charge is 2.29. The lowest BCUT2D eigenvalue weighted by Crippen LogP contribution is -2.43. The first-order chi connectivity index (χ1) is 13.3. The molecule has 2 rings (SSSR count). The molecular weight excluding hydrogens is 362 g/mol. The zero-order chi connectivity index (χ0) is 20.7. The van der Waals surface area contributed by atoms with Crippen LogP contribution in [0.3, 0.4) is 0 Å².